The van der Waals surface area contributed by atoms with Crippen molar-refractivity contribution in [1.82, 2.24) is 14.9 Å². The van der Waals surface area contributed by atoms with Crippen LogP contribution in [0.25, 0.3) is 5.69 Å². The van der Waals surface area contributed by atoms with Crippen LogP contribution in [0.4, 0.5) is 5.69 Å². The molecule has 0 saturated carbocycles. The first-order chi connectivity index (χ1) is 13.9. The molecule has 0 aliphatic rings. The largest absolute Gasteiger partial charge is 0.350 e. The Hall–Kier alpha value is -3.13. The van der Waals surface area contributed by atoms with Gasteiger partial charge in [-0.15, -0.1) is 0 Å². The van der Waals surface area contributed by atoms with Gasteiger partial charge in [-0.25, -0.2) is 13.4 Å². The number of sulfonamides is 1. The number of anilines is 1. The maximum Gasteiger partial charge on any atom is 0.244 e. The van der Waals surface area contributed by atoms with Gasteiger partial charge in [-0.05, 0) is 36.2 Å². The van der Waals surface area contributed by atoms with Crippen molar-refractivity contribution in [1.29, 1.82) is 0 Å². The van der Waals surface area contributed by atoms with Crippen LogP contribution in [0, 0.1) is 0 Å². The van der Waals surface area contributed by atoms with Gasteiger partial charge >= 0.3 is 0 Å². The molecule has 0 aliphatic carbocycles. The second-order valence-electron chi connectivity index (χ2n) is 6.67. The summed E-state index contributed by atoms with van der Waals surface area (Å²) in [5, 5.41) is 2.86. The molecule has 0 fully saturated rings. The summed E-state index contributed by atoms with van der Waals surface area (Å²) >= 11 is 0. The lowest BCUT2D eigenvalue weighted by molar-refractivity contribution is -0.122. The summed E-state index contributed by atoms with van der Waals surface area (Å²) in [5.74, 6) is -0.333. The van der Waals surface area contributed by atoms with Crippen LogP contribution in [0.2, 0.25) is 0 Å². The number of nitrogens with zero attached hydrogens (tertiary/aromatic N) is 3. The Kier molecular flexibility index (Phi) is 6.33. The van der Waals surface area contributed by atoms with E-state index in [1.807, 2.05) is 35.0 Å². The highest BCUT2D eigenvalue weighted by Crippen LogP contribution is 2.22. The molecule has 1 aromatic heterocycles. The van der Waals surface area contributed by atoms with Crippen LogP contribution in [0.3, 0.4) is 0 Å². The number of imidazole rings is 1. The second kappa shape index (κ2) is 8.91. The lowest BCUT2D eigenvalue weighted by Gasteiger charge is -2.30. The molecule has 1 unspecified atom stereocenters. The number of carbonyl (C=O) groups is 1. The third-order valence-corrected chi connectivity index (χ3v) is 5.73. The van der Waals surface area contributed by atoms with Gasteiger partial charge in [-0.3, -0.25) is 9.10 Å². The zero-order valence-electron chi connectivity index (χ0n) is 16.4. The van der Waals surface area contributed by atoms with E-state index in [1.165, 1.54) is 4.31 Å². The Bertz CT molecular complexity index is 1030. The Labute approximate surface area is 171 Å². The lowest BCUT2D eigenvalue weighted by atomic mass is 10.1. The van der Waals surface area contributed by atoms with Crippen molar-refractivity contribution in [2.75, 3.05) is 10.6 Å². The van der Waals surface area contributed by atoms with Crippen LogP contribution in [0.15, 0.2) is 73.3 Å². The highest BCUT2D eigenvalue weighted by molar-refractivity contribution is 7.92. The molecular formula is C21H24N4O3S. The maximum atomic E-state index is 12.8. The summed E-state index contributed by atoms with van der Waals surface area (Å²) in [5.41, 5.74) is 2.36. The Balaban J connectivity index is 1.72. The molecule has 3 aromatic rings. The molecule has 1 atom stereocenters. The van der Waals surface area contributed by atoms with E-state index in [0.717, 1.165) is 17.5 Å². The smallest absolute Gasteiger partial charge is 0.244 e. The number of para-hydroxylation sites is 1. The van der Waals surface area contributed by atoms with Gasteiger partial charge in [-0.1, -0.05) is 37.3 Å². The molecule has 1 amide bonds. The molecule has 0 bridgehead atoms. The minimum atomic E-state index is -3.62. The number of hydrogen-bond donors (Lipinski definition) is 1. The normalized spacial score (nSPS) is 12.3. The number of benzene rings is 2. The SMILES string of the molecule is CCC(C(=O)NCc1ccc(-n2ccnc2)cc1)N(c1ccccc1)S(C)(=O)=O. The van der Waals surface area contributed by atoms with Gasteiger partial charge in [0.2, 0.25) is 15.9 Å². The molecule has 1 N–H and O–H groups in total. The first-order valence-electron chi connectivity index (χ1n) is 9.29. The monoisotopic (exact) mass is 412 g/mol. The fraction of sp³-hybridized carbons (Fsp3) is 0.238. The third kappa shape index (κ3) is 5.03. The van der Waals surface area contributed by atoms with E-state index in [2.05, 4.69) is 10.3 Å². The van der Waals surface area contributed by atoms with E-state index >= 15 is 0 Å². The Morgan fingerprint density at radius 3 is 2.38 bits per heavy atom. The molecular weight excluding hydrogens is 388 g/mol. The highest BCUT2D eigenvalue weighted by atomic mass is 32.2. The summed E-state index contributed by atoms with van der Waals surface area (Å²) in [6.07, 6.45) is 6.75. The van der Waals surface area contributed by atoms with Gasteiger partial charge in [0, 0.05) is 24.6 Å². The first-order valence-corrected chi connectivity index (χ1v) is 11.1. The van der Waals surface area contributed by atoms with Crippen LogP contribution in [0.1, 0.15) is 18.9 Å². The predicted octanol–water partition coefficient (Wildman–Crippen LogP) is 2.73. The molecule has 0 spiro atoms. The number of nitrogens with one attached hydrogen (secondary N) is 1. The summed E-state index contributed by atoms with van der Waals surface area (Å²) in [6, 6.07) is 15.6. The van der Waals surface area contributed by atoms with Crippen LogP contribution >= 0.6 is 0 Å². The van der Waals surface area contributed by atoms with Crippen molar-refractivity contribution in [3.05, 3.63) is 78.9 Å². The molecule has 7 nitrogen and oxygen atoms in total. The average Bonchev–Trinajstić information content (AvgIpc) is 3.25. The minimum Gasteiger partial charge on any atom is -0.350 e. The second-order valence-corrected chi connectivity index (χ2v) is 8.53. The van der Waals surface area contributed by atoms with Crippen LogP contribution in [0.5, 0.6) is 0 Å². The van der Waals surface area contributed by atoms with E-state index in [0.29, 0.717) is 18.7 Å². The van der Waals surface area contributed by atoms with E-state index in [4.69, 9.17) is 0 Å². The maximum absolute atomic E-state index is 12.8. The van der Waals surface area contributed by atoms with Gasteiger partial charge < -0.3 is 9.88 Å². The summed E-state index contributed by atoms with van der Waals surface area (Å²) in [6.45, 7) is 2.11. The molecule has 8 heteroatoms. The third-order valence-electron chi connectivity index (χ3n) is 4.55. The molecule has 0 saturated heterocycles. The number of hydrogen-bond acceptors (Lipinski definition) is 4. The predicted molar refractivity (Wildman–Crippen MR) is 113 cm³/mol. The summed E-state index contributed by atoms with van der Waals surface area (Å²) in [4.78, 5) is 16.9. The zero-order chi connectivity index (χ0) is 20.9. The number of carbonyl (C=O) groups excluding carboxylic acids is 1. The summed E-state index contributed by atoms with van der Waals surface area (Å²) in [7, 11) is -3.62. The molecule has 1 heterocycles. The van der Waals surface area contributed by atoms with Crippen molar-refractivity contribution in [3.63, 3.8) is 0 Å². The lowest BCUT2D eigenvalue weighted by Crippen LogP contribution is -2.49. The molecule has 2 aromatic carbocycles. The zero-order valence-corrected chi connectivity index (χ0v) is 17.2. The molecule has 29 heavy (non-hydrogen) atoms. The van der Waals surface area contributed by atoms with E-state index in [9.17, 15) is 13.2 Å². The first kappa shape index (κ1) is 20.6. The van der Waals surface area contributed by atoms with Crippen molar-refractivity contribution in [2.45, 2.75) is 25.9 Å². The van der Waals surface area contributed by atoms with E-state index in [1.54, 1.807) is 49.8 Å². The fourth-order valence-corrected chi connectivity index (χ4v) is 4.35. The van der Waals surface area contributed by atoms with Gasteiger partial charge in [0.25, 0.3) is 0 Å². The number of amides is 1. The molecule has 152 valence electrons. The molecule has 0 radical (unpaired) electrons. The van der Waals surface area contributed by atoms with Gasteiger partial charge in [0.15, 0.2) is 0 Å². The molecule has 3 rings (SSSR count). The van der Waals surface area contributed by atoms with Crippen LogP contribution in [-0.2, 0) is 21.4 Å². The highest BCUT2D eigenvalue weighted by Gasteiger charge is 2.31. The van der Waals surface area contributed by atoms with Gasteiger partial charge in [0.05, 0.1) is 18.3 Å². The Morgan fingerprint density at radius 2 is 1.83 bits per heavy atom. The quantitative estimate of drug-likeness (QED) is 0.617. The van der Waals surface area contributed by atoms with Crippen molar-refractivity contribution >= 4 is 21.6 Å². The fourth-order valence-electron chi connectivity index (χ4n) is 3.14. The standard InChI is InChI=1S/C21H24N4O3S/c1-3-20(25(29(2,27)28)19-7-5-4-6-8-19)21(26)23-15-17-9-11-18(12-10-17)24-14-13-22-16-24/h4-14,16,20H,3,15H2,1-2H3,(H,23,26). The van der Waals surface area contributed by atoms with E-state index < -0.39 is 16.1 Å². The topological polar surface area (TPSA) is 84.3 Å². The molecule has 0 aliphatic heterocycles. The van der Waals surface area contributed by atoms with Gasteiger partial charge in [-0.2, -0.15) is 0 Å². The van der Waals surface area contributed by atoms with Crippen molar-refractivity contribution < 1.29 is 13.2 Å². The number of rotatable bonds is 8. The number of aromatic nitrogens is 2. The van der Waals surface area contributed by atoms with Crippen molar-refractivity contribution in [3.8, 4) is 5.69 Å². The van der Waals surface area contributed by atoms with Crippen LogP contribution in [-0.4, -0.2) is 36.2 Å². The van der Waals surface area contributed by atoms with Gasteiger partial charge in [0.1, 0.15) is 6.04 Å². The average molecular weight is 413 g/mol. The van der Waals surface area contributed by atoms with Crippen LogP contribution < -0.4 is 9.62 Å². The van der Waals surface area contributed by atoms with E-state index in [-0.39, 0.29) is 5.91 Å². The van der Waals surface area contributed by atoms with Crippen molar-refractivity contribution in [2.24, 2.45) is 0 Å². The Morgan fingerprint density at radius 1 is 1.14 bits per heavy atom. The summed E-state index contributed by atoms with van der Waals surface area (Å²) < 4.78 is 27.9. The minimum absolute atomic E-state index is 0.311.